The van der Waals surface area contributed by atoms with Gasteiger partial charge >= 0.3 is 0 Å². The van der Waals surface area contributed by atoms with E-state index in [2.05, 4.69) is 49.6 Å². The van der Waals surface area contributed by atoms with Gasteiger partial charge in [0.2, 0.25) is 0 Å². The summed E-state index contributed by atoms with van der Waals surface area (Å²) >= 11 is 0. The van der Waals surface area contributed by atoms with E-state index in [1.165, 1.54) is 173 Å². The zero-order chi connectivity index (χ0) is 26.8. The summed E-state index contributed by atoms with van der Waals surface area (Å²) < 4.78 is 2.62. The molecule has 2 atom stereocenters. The van der Waals surface area contributed by atoms with Crippen molar-refractivity contribution in [3.63, 3.8) is 0 Å². The van der Waals surface area contributed by atoms with Crippen LogP contribution in [0.15, 0.2) is 12.4 Å². The van der Waals surface area contributed by atoms with E-state index in [9.17, 15) is 0 Å². The Kier molecular flexibility index (Phi) is 23.6. The normalized spacial score (nSPS) is 13.3. The number of unbranched alkanes of at least 4 members (excludes halogenated alkanes) is 20. The predicted molar refractivity (Wildman–Crippen MR) is 166 cm³/mol. The SMILES string of the molecule is CCCCCCCCCCCCCCC(C)[n+]1cc[nH]c1C(CCCCCC)CCCCCCCCC. The molecule has 1 heterocycles. The summed E-state index contributed by atoms with van der Waals surface area (Å²) in [4.78, 5) is 3.71. The molecule has 0 aliphatic carbocycles. The summed E-state index contributed by atoms with van der Waals surface area (Å²) in [5, 5.41) is 0. The lowest BCUT2D eigenvalue weighted by Crippen LogP contribution is -2.41. The molecular formula is C35H69N2+. The van der Waals surface area contributed by atoms with Crippen molar-refractivity contribution in [2.45, 2.75) is 207 Å². The van der Waals surface area contributed by atoms with Crippen LogP contribution in [0.5, 0.6) is 0 Å². The molecule has 0 spiro atoms. The van der Waals surface area contributed by atoms with Gasteiger partial charge in [0.25, 0.3) is 5.82 Å². The predicted octanol–water partition coefficient (Wildman–Crippen LogP) is 12.1. The number of imidazole rings is 1. The first-order valence-electron chi connectivity index (χ1n) is 17.3. The summed E-state index contributed by atoms with van der Waals surface area (Å²) in [6.45, 7) is 9.40. The fourth-order valence-corrected chi connectivity index (χ4v) is 6.07. The Morgan fingerprint density at radius 2 is 0.865 bits per heavy atom. The van der Waals surface area contributed by atoms with Crippen LogP contribution >= 0.6 is 0 Å². The van der Waals surface area contributed by atoms with Crippen molar-refractivity contribution in [2.75, 3.05) is 0 Å². The Bertz CT molecular complexity index is 578. The van der Waals surface area contributed by atoms with Crippen LogP contribution in [0.2, 0.25) is 0 Å². The van der Waals surface area contributed by atoms with Crippen LogP contribution in [0.3, 0.4) is 0 Å². The van der Waals surface area contributed by atoms with Gasteiger partial charge in [0.1, 0.15) is 12.4 Å². The summed E-state index contributed by atoms with van der Waals surface area (Å²) in [5.41, 5.74) is 0. The van der Waals surface area contributed by atoms with Crippen LogP contribution in [0, 0.1) is 0 Å². The maximum atomic E-state index is 3.71. The molecule has 0 aliphatic rings. The third kappa shape index (κ3) is 18.2. The van der Waals surface area contributed by atoms with Crippen LogP contribution in [0.25, 0.3) is 0 Å². The van der Waals surface area contributed by atoms with E-state index in [4.69, 9.17) is 0 Å². The monoisotopic (exact) mass is 518 g/mol. The van der Waals surface area contributed by atoms with Crippen LogP contribution in [-0.2, 0) is 0 Å². The fraction of sp³-hybridized carbons (Fsp3) is 0.914. The van der Waals surface area contributed by atoms with E-state index >= 15 is 0 Å². The highest BCUT2D eigenvalue weighted by atomic mass is 15.1. The van der Waals surface area contributed by atoms with Gasteiger partial charge in [0.05, 0.1) is 12.0 Å². The van der Waals surface area contributed by atoms with Crippen molar-refractivity contribution < 1.29 is 4.57 Å². The number of hydrogen-bond acceptors (Lipinski definition) is 0. The highest BCUT2D eigenvalue weighted by molar-refractivity contribution is 4.90. The first kappa shape index (κ1) is 34.2. The number of nitrogens with zero attached hydrogens (tertiary/aromatic N) is 1. The van der Waals surface area contributed by atoms with Gasteiger partial charge in [-0.25, -0.2) is 9.55 Å². The van der Waals surface area contributed by atoms with Gasteiger partial charge in [0.15, 0.2) is 0 Å². The third-order valence-electron chi connectivity index (χ3n) is 8.64. The fourth-order valence-electron chi connectivity index (χ4n) is 6.07. The molecule has 1 N–H and O–H groups in total. The molecular weight excluding hydrogens is 448 g/mol. The molecule has 1 aromatic heterocycles. The second kappa shape index (κ2) is 25.5. The van der Waals surface area contributed by atoms with Crippen molar-refractivity contribution in [2.24, 2.45) is 0 Å². The number of aromatic nitrogens is 2. The van der Waals surface area contributed by atoms with Crippen LogP contribution in [-0.4, -0.2) is 4.98 Å². The molecule has 37 heavy (non-hydrogen) atoms. The Labute approximate surface area is 234 Å². The number of aromatic amines is 1. The zero-order valence-electron chi connectivity index (χ0n) is 26.1. The molecule has 0 fully saturated rings. The van der Waals surface area contributed by atoms with Gasteiger partial charge in [-0.15, -0.1) is 0 Å². The lowest BCUT2D eigenvalue weighted by atomic mass is 9.93. The van der Waals surface area contributed by atoms with Gasteiger partial charge in [-0.3, -0.25) is 0 Å². The molecule has 0 radical (unpaired) electrons. The van der Waals surface area contributed by atoms with E-state index in [1.807, 2.05) is 0 Å². The van der Waals surface area contributed by atoms with E-state index in [-0.39, 0.29) is 0 Å². The highest BCUT2D eigenvalue weighted by Crippen LogP contribution is 2.27. The van der Waals surface area contributed by atoms with E-state index in [1.54, 1.807) is 0 Å². The van der Waals surface area contributed by atoms with Gasteiger partial charge in [0, 0.05) is 0 Å². The standard InChI is InChI=1S/C35H68N2/c1-5-8-11-14-16-17-18-19-20-22-23-25-28-33(4)37-32-31-36-35(37)34(29-26-13-10-7-3)30-27-24-21-15-12-9-6-2/h31-34H,5-30H2,1-4H3/p+1. The van der Waals surface area contributed by atoms with Crippen molar-refractivity contribution >= 4 is 0 Å². The average Bonchev–Trinajstić information content (AvgIpc) is 3.40. The second-order valence-electron chi connectivity index (χ2n) is 12.2. The Balaban J connectivity index is 2.34. The number of rotatable bonds is 28. The largest absolute Gasteiger partial charge is 0.257 e. The smallest absolute Gasteiger partial charge is 0.247 e. The Hall–Kier alpha value is -0.790. The molecule has 0 aliphatic heterocycles. The van der Waals surface area contributed by atoms with Crippen molar-refractivity contribution in [3.8, 4) is 0 Å². The molecule has 0 aromatic carbocycles. The maximum absolute atomic E-state index is 3.71. The van der Waals surface area contributed by atoms with Crippen LogP contribution in [0.1, 0.15) is 212 Å². The maximum Gasteiger partial charge on any atom is 0.257 e. The average molecular weight is 518 g/mol. The number of hydrogen-bond donors (Lipinski definition) is 1. The second-order valence-corrected chi connectivity index (χ2v) is 12.2. The lowest BCUT2D eigenvalue weighted by molar-refractivity contribution is -0.727. The first-order chi connectivity index (χ1) is 18.2. The highest BCUT2D eigenvalue weighted by Gasteiger charge is 2.25. The molecule has 2 heteroatoms. The van der Waals surface area contributed by atoms with Gasteiger partial charge < -0.3 is 0 Å². The van der Waals surface area contributed by atoms with Crippen molar-refractivity contribution in [3.05, 3.63) is 18.2 Å². The molecule has 1 aromatic rings. The zero-order valence-corrected chi connectivity index (χ0v) is 26.1. The Morgan fingerprint density at radius 1 is 0.514 bits per heavy atom. The molecule has 0 saturated carbocycles. The minimum Gasteiger partial charge on any atom is -0.247 e. The number of H-pyrrole nitrogens is 1. The minimum absolute atomic E-state index is 0.622. The van der Waals surface area contributed by atoms with Crippen molar-refractivity contribution in [1.29, 1.82) is 0 Å². The molecule has 2 nitrogen and oxygen atoms in total. The lowest BCUT2D eigenvalue weighted by Gasteiger charge is -2.17. The van der Waals surface area contributed by atoms with Crippen molar-refractivity contribution in [1.82, 2.24) is 4.98 Å². The third-order valence-corrected chi connectivity index (χ3v) is 8.64. The summed E-state index contributed by atoms with van der Waals surface area (Å²) in [7, 11) is 0. The summed E-state index contributed by atoms with van der Waals surface area (Å²) in [5.74, 6) is 2.24. The van der Waals surface area contributed by atoms with E-state index in [0.717, 1.165) is 0 Å². The summed E-state index contributed by atoms with van der Waals surface area (Å²) in [6.07, 6.45) is 41.3. The molecule has 0 saturated heterocycles. The topological polar surface area (TPSA) is 19.7 Å². The van der Waals surface area contributed by atoms with Gasteiger partial charge in [-0.05, 0) is 32.6 Å². The van der Waals surface area contributed by atoms with Crippen LogP contribution in [0.4, 0.5) is 0 Å². The quantitative estimate of drug-likeness (QED) is 0.0842. The molecule has 1 rings (SSSR count). The Morgan fingerprint density at radius 3 is 1.30 bits per heavy atom. The molecule has 0 amide bonds. The van der Waals surface area contributed by atoms with E-state index < -0.39 is 0 Å². The van der Waals surface area contributed by atoms with Gasteiger partial charge in [-0.1, -0.05) is 162 Å². The number of nitrogens with one attached hydrogen (secondary N) is 1. The molecule has 0 bridgehead atoms. The summed E-state index contributed by atoms with van der Waals surface area (Å²) in [6, 6.07) is 0.622. The first-order valence-corrected chi connectivity index (χ1v) is 17.3. The minimum atomic E-state index is 0.622. The molecule has 2 unspecified atom stereocenters. The van der Waals surface area contributed by atoms with Gasteiger partial charge in [-0.2, -0.15) is 0 Å². The van der Waals surface area contributed by atoms with Crippen LogP contribution < -0.4 is 4.57 Å². The van der Waals surface area contributed by atoms with E-state index in [0.29, 0.717) is 12.0 Å². The molecule has 218 valence electrons.